The van der Waals surface area contributed by atoms with Crippen LogP contribution in [0, 0.1) is 0 Å². The Hall–Kier alpha value is -0.650. The lowest BCUT2D eigenvalue weighted by atomic mass is 9.97. The number of carboxylic acid groups (broad SMARTS) is 1. The van der Waals surface area contributed by atoms with Gasteiger partial charge in [-0.3, -0.25) is 9.69 Å². The Morgan fingerprint density at radius 1 is 1.37 bits per heavy atom. The molecule has 0 heterocycles. The average Bonchev–Trinajstić information content (AvgIpc) is 2.36. The zero-order chi connectivity index (χ0) is 14.9. The lowest BCUT2D eigenvalue weighted by Crippen LogP contribution is -2.46. The van der Waals surface area contributed by atoms with Crippen molar-refractivity contribution in [2.75, 3.05) is 26.8 Å². The van der Waals surface area contributed by atoms with Crippen molar-refractivity contribution in [3.05, 3.63) is 0 Å². The van der Waals surface area contributed by atoms with E-state index in [2.05, 4.69) is 18.7 Å². The molecular formula is C14H30N2O3. The molecule has 1 atom stereocenters. The summed E-state index contributed by atoms with van der Waals surface area (Å²) in [5.74, 6) is -0.932. The second kappa shape index (κ2) is 9.28. The van der Waals surface area contributed by atoms with E-state index in [9.17, 15) is 4.79 Å². The van der Waals surface area contributed by atoms with Gasteiger partial charge >= 0.3 is 5.97 Å². The number of aliphatic carboxylic acids is 1. The van der Waals surface area contributed by atoms with E-state index in [-0.39, 0.29) is 0 Å². The lowest BCUT2D eigenvalue weighted by molar-refractivity contribution is -0.143. The van der Waals surface area contributed by atoms with E-state index in [1.54, 1.807) is 14.0 Å². The fraction of sp³-hybridized carbons (Fsp3) is 0.929. The summed E-state index contributed by atoms with van der Waals surface area (Å²) in [5.41, 5.74) is 4.62. The number of rotatable bonds is 11. The maximum Gasteiger partial charge on any atom is 0.323 e. The van der Waals surface area contributed by atoms with Crippen molar-refractivity contribution in [1.82, 2.24) is 4.90 Å². The standard InChI is InChI=1S/C14H30N2O3/c1-5-12(6-2)16(10-11-19-4)9-7-8-14(3,15)13(17)18/h12H,5-11,15H2,1-4H3,(H,17,18). The molecule has 5 nitrogen and oxygen atoms in total. The first-order valence-corrected chi connectivity index (χ1v) is 7.14. The number of nitrogens with two attached hydrogens (primary N) is 1. The van der Waals surface area contributed by atoms with Crippen molar-refractivity contribution < 1.29 is 14.6 Å². The molecule has 0 radical (unpaired) electrons. The van der Waals surface area contributed by atoms with Gasteiger partial charge in [-0.15, -0.1) is 0 Å². The van der Waals surface area contributed by atoms with E-state index in [1.807, 2.05) is 0 Å². The van der Waals surface area contributed by atoms with Crippen LogP contribution in [0.2, 0.25) is 0 Å². The summed E-state index contributed by atoms with van der Waals surface area (Å²) >= 11 is 0. The van der Waals surface area contributed by atoms with Crippen molar-refractivity contribution in [1.29, 1.82) is 0 Å². The van der Waals surface area contributed by atoms with Gasteiger partial charge in [-0.05, 0) is 39.2 Å². The Balaban J connectivity index is 4.29. The summed E-state index contributed by atoms with van der Waals surface area (Å²) in [6.07, 6.45) is 3.48. The van der Waals surface area contributed by atoms with Gasteiger partial charge in [0, 0.05) is 19.7 Å². The highest BCUT2D eigenvalue weighted by Crippen LogP contribution is 2.13. The zero-order valence-corrected chi connectivity index (χ0v) is 12.8. The fourth-order valence-electron chi connectivity index (χ4n) is 2.25. The second-order valence-corrected chi connectivity index (χ2v) is 5.33. The first kappa shape index (κ1) is 18.4. The summed E-state index contributed by atoms with van der Waals surface area (Å²) in [5, 5.41) is 8.99. The van der Waals surface area contributed by atoms with Crippen LogP contribution in [0.5, 0.6) is 0 Å². The highest BCUT2D eigenvalue weighted by molar-refractivity contribution is 5.77. The summed E-state index contributed by atoms with van der Waals surface area (Å²) < 4.78 is 5.14. The number of carbonyl (C=O) groups is 1. The number of ether oxygens (including phenoxy) is 1. The third-order valence-electron chi connectivity index (χ3n) is 3.67. The minimum atomic E-state index is -1.12. The van der Waals surface area contributed by atoms with E-state index in [0.717, 1.165) is 32.4 Å². The third kappa shape index (κ3) is 6.89. The van der Waals surface area contributed by atoms with Crippen LogP contribution in [0.15, 0.2) is 0 Å². The Kier molecular flexibility index (Phi) is 8.97. The van der Waals surface area contributed by atoms with Gasteiger partial charge in [-0.25, -0.2) is 0 Å². The first-order valence-electron chi connectivity index (χ1n) is 7.14. The van der Waals surface area contributed by atoms with Gasteiger partial charge in [-0.2, -0.15) is 0 Å². The Morgan fingerprint density at radius 3 is 2.37 bits per heavy atom. The van der Waals surface area contributed by atoms with Crippen LogP contribution in [0.4, 0.5) is 0 Å². The van der Waals surface area contributed by atoms with Crippen LogP contribution in [0.1, 0.15) is 46.5 Å². The molecule has 5 heteroatoms. The van der Waals surface area contributed by atoms with Gasteiger partial charge in [0.15, 0.2) is 0 Å². The fourth-order valence-corrected chi connectivity index (χ4v) is 2.25. The maximum atomic E-state index is 11.0. The molecule has 0 rings (SSSR count). The van der Waals surface area contributed by atoms with Crippen molar-refractivity contribution in [3.63, 3.8) is 0 Å². The summed E-state index contributed by atoms with van der Waals surface area (Å²) in [6, 6.07) is 0.531. The van der Waals surface area contributed by atoms with Gasteiger partial charge in [0.2, 0.25) is 0 Å². The molecule has 0 aromatic carbocycles. The number of hydrogen-bond acceptors (Lipinski definition) is 4. The van der Waals surface area contributed by atoms with E-state index in [1.165, 1.54) is 0 Å². The quantitative estimate of drug-likeness (QED) is 0.600. The Bertz CT molecular complexity index is 253. The van der Waals surface area contributed by atoms with Crippen molar-refractivity contribution in [2.45, 2.75) is 58.0 Å². The molecule has 0 spiro atoms. The van der Waals surface area contributed by atoms with Crippen LogP contribution >= 0.6 is 0 Å². The summed E-state index contributed by atoms with van der Waals surface area (Å²) in [6.45, 7) is 8.39. The molecular weight excluding hydrogens is 244 g/mol. The van der Waals surface area contributed by atoms with E-state index < -0.39 is 11.5 Å². The van der Waals surface area contributed by atoms with Crippen molar-refractivity contribution >= 4 is 5.97 Å². The minimum Gasteiger partial charge on any atom is -0.480 e. The van der Waals surface area contributed by atoms with Gasteiger partial charge in [0.05, 0.1) is 6.61 Å². The zero-order valence-electron chi connectivity index (χ0n) is 12.8. The Morgan fingerprint density at radius 2 is 1.95 bits per heavy atom. The SMILES string of the molecule is CCC(CC)N(CCCC(C)(N)C(=O)O)CCOC. The molecule has 114 valence electrons. The summed E-state index contributed by atoms with van der Waals surface area (Å²) in [7, 11) is 1.70. The monoisotopic (exact) mass is 274 g/mol. The number of nitrogens with zero attached hydrogens (tertiary/aromatic N) is 1. The number of carboxylic acids is 1. The molecule has 0 amide bonds. The van der Waals surface area contributed by atoms with Crippen LogP contribution in [0.3, 0.4) is 0 Å². The molecule has 0 saturated carbocycles. The van der Waals surface area contributed by atoms with Crippen LogP contribution < -0.4 is 5.73 Å². The molecule has 0 aliphatic carbocycles. The van der Waals surface area contributed by atoms with E-state index in [4.69, 9.17) is 15.6 Å². The second-order valence-electron chi connectivity index (χ2n) is 5.33. The normalized spacial score (nSPS) is 14.9. The smallest absolute Gasteiger partial charge is 0.323 e. The molecule has 19 heavy (non-hydrogen) atoms. The molecule has 0 bridgehead atoms. The molecule has 0 saturated heterocycles. The van der Waals surface area contributed by atoms with E-state index in [0.29, 0.717) is 19.1 Å². The third-order valence-corrected chi connectivity index (χ3v) is 3.67. The van der Waals surface area contributed by atoms with Crippen molar-refractivity contribution in [2.24, 2.45) is 5.73 Å². The predicted molar refractivity (Wildman–Crippen MR) is 77.3 cm³/mol. The van der Waals surface area contributed by atoms with Crippen LogP contribution in [-0.4, -0.2) is 54.4 Å². The van der Waals surface area contributed by atoms with E-state index >= 15 is 0 Å². The predicted octanol–water partition coefficient (Wildman–Crippen LogP) is 1.71. The molecule has 0 aliphatic rings. The highest BCUT2D eigenvalue weighted by Gasteiger charge is 2.27. The molecule has 0 aromatic rings. The molecule has 0 aliphatic heterocycles. The van der Waals surface area contributed by atoms with Crippen LogP contribution in [0.25, 0.3) is 0 Å². The maximum absolute atomic E-state index is 11.0. The van der Waals surface area contributed by atoms with Gasteiger partial charge < -0.3 is 15.6 Å². The van der Waals surface area contributed by atoms with Gasteiger partial charge in [-0.1, -0.05) is 13.8 Å². The average molecular weight is 274 g/mol. The van der Waals surface area contributed by atoms with Gasteiger partial charge in [0.1, 0.15) is 5.54 Å². The summed E-state index contributed by atoms with van der Waals surface area (Å²) in [4.78, 5) is 13.3. The molecule has 0 aromatic heterocycles. The van der Waals surface area contributed by atoms with Crippen molar-refractivity contribution in [3.8, 4) is 0 Å². The number of methoxy groups -OCH3 is 1. The molecule has 3 N–H and O–H groups in total. The number of hydrogen-bond donors (Lipinski definition) is 2. The lowest BCUT2D eigenvalue weighted by Gasteiger charge is -2.31. The Labute approximate surface area is 117 Å². The minimum absolute atomic E-state index is 0.492. The van der Waals surface area contributed by atoms with Gasteiger partial charge in [0.25, 0.3) is 0 Å². The molecule has 1 unspecified atom stereocenters. The first-order chi connectivity index (χ1) is 8.88. The highest BCUT2D eigenvalue weighted by atomic mass is 16.5. The molecule has 0 fully saturated rings. The largest absolute Gasteiger partial charge is 0.480 e. The topological polar surface area (TPSA) is 75.8 Å². The van der Waals surface area contributed by atoms with Crippen LogP contribution in [-0.2, 0) is 9.53 Å².